The Morgan fingerprint density at radius 2 is 2.35 bits per heavy atom. The monoisotopic (exact) mass is 284 g/mol. The molecule has 1 atom stereocenters. The van der Waals surface area contributed by atoms with Crippen molar-refractivity contribution in [3.8, 4) is 0 Å². The van der Waals surface area contributed by atoms with E-state index in [1.165, 1.54) is 0 Å². The lowest BCUT2D eigenvalue weighted by Gasteiger charge is -2.20. The second-order valence-corrected chi connectivity index (χ2v) is 5.85. The van der Waals surface area contributed by atoms with E-state index < -0.39 is 0 Å². The molecule has 17 heavy (non-hydrogen) atoms. The standard InChI is InChI=1S/C11H9ClN2OS2/c12-6-1-2-8-7(3-6)11(15)14-5-17-4-9(14)10(16)13-8/h1-3,9H,4-5H2,(H,13,16). The maximum absolute atomic E-state index is 12.4. The minimum absolute atomic E-state index is 0.00449. The number of carbonyl (C=O) groups excluding carboxylic acids is 1. The zero-order valence-electron chi connectivity index (χ0n) is 8.77. The van der Waals surface area contributed by atoms with Gasteiger partial charge in [-0.25, -0.2) is 0 Å². The summed E-state index contributed by atoms with van der Waals surface area (Å²) >= 11 is 13.0. The number of thioether (sulfide) groups is 1. The number of thiocarbonyl (C=S) groups is 1. The van der Waals surface area contributed by atoms with Crippen LogP contribution in [0.25, 0.3) is 0 Å². The molecule has 2 heterocycles. The Hall–Kier alpha value is -0.780. The Kier molecular flexibility index (Phi) is 2.77. The smallest absolute Gasteiger partial charge is 0.257 e. The van der Waals surface area contributed by atoms with Crippen LogP contribution in [-0.4, -0.2) is 33.5 Å². The number of anilines is 1. The summed E-state index contributed by atoms with van der Waals surface area (Å²) in [6, 6.07) is 5.26. The number of benzene rings is 1. The fourth-order valence-electron chi connectivity index (χ4n) is 2.03. The number of nitrogens with zero attached hydrogens (tertiary/aromatic N) is 1. The second kappa shape index (κ2) is 4.15. The molecule has 1 N–H and O–H groups in total. The summed E-state index contributed by atoms with van der Waals surface area (Å²) in [5.41, 5.74) is 1.36. The van der Waals surface area contributed by atoms with E-state index in [1.807, 2.05) is 4.90 Å². The maximum atomic E-state index is 12.4. The van der Waals surface area contributed by atoms with Gasteiger partial charge in [-0.05, 0) is 18.2 Å². The van der Waals surface area contributed by atoms with Crippen LogP contribution in [-0.2, 0) is 0 Å². The summed E-state index contributed by atoms with van der Waals surface area (Å²) in [7, 11) is 0. The highest BCUT2D eigenvalue weighted by Gasteiger charge is 2.36. The van der Waals surface area contributed by atoms with Gasteiger partial charge in [0.15, 0.2) is 0 Å². The van der Waals surface area contributed by atoms with E-state index in [2.05, 4.69) is 5.32 Å². The molecule has 6 heteroatoms. The quantitative estimate of drug-likeness (QED) is 0.742. The molecule has 3 nitrogen and oxygen atoms in total. The van der Waals surface area contributed by atoms with Crippen molar-refractivity contribution in [3.63, 3.8) is 0 Å². The first kappa shape index (κ1) is 11.3. The normalized spacial score (nSPS) is 22.9. The molecule has 0 spiro atoms. The van der Waals surface area contributed by atoms with E-state index in [0.29, 0.717) is 21.5 Å². The minimum atomic E-state index is 0.00449. The predicted octanol–water partition coefficient (Wildman–Crippen LogP) is 2.61. The Bertz CT molecular complexity index is 520. The highest BCUT2D eigenvalue weighted by Crippen LogP contribution is 2.31. The Morgan fingerprint density at radius 3 is 3.18 bits per heavy atom. The van der Waals surface area contributed by atoms with Crippen LogP contribution in [0.4, 0.5) is 5.69 Å². The SMILES string of the molecule is O=C1c2cc(Cl)ccc2NC(=S)C2CSCN12. The van der Waals surface area contributed by atoms with Crippen molar-refractivity contribution >= 4 is 52.2 Å². The van der Waals surface area contributed by atoms with Crippen LogP contribution in [0.2, 0.25) is 5.02 Å². The molecule has 0 saturated carbocycles. The lowest BCUT2D eigenvalue weighted by molar-refractivity contribution is 0.0784. The van der Waals surface area contributed by atoms with Crippen molar-refractivity contribution in [1.82, 2.24) is 4.90 Å². The zero-order valence-corrected chi connectivity index (χ0v) is 11.2. The van der Waals surface area contributed by atoms with Crippen LogP contribution in [0.5, 0.6) is 0 Å². The van der Waals surface area contributed by atoms with Crippen LogP contribution in [0.15, 0.2) is 18.2 Å². The third-order valence-corrected chi connectivity index (χ3v) is 4.54. The largest absolute Gasteiger partial charge is 0.348 e. The number of amides is 1. The molecule has 0 aromatic heterocycles. The van der Waals surface area contributed by atoms with E-state index in [9.17, 15) is 4.79 Å². The predicted molar refractivity (Wildman–Crippen MR) is 75.0 cm³/mol. The topological polar surface area (TPSA) is 32.3 Å². The molecule has 2 aliphatic rings. The fourth-order valence-corrected chi connectivity index (χ4v) is 3.80. The van der Waals surface area contributed by atoms with Gasteiger partial charge in [-0.2, -0.15) is 0 Å². The van der Waals surface area contributed by atoms with Gasteiger partial charge < -0.3 is 10.2 Å². The number of carbonyl (C=O) groups is 1. The number of hydrogen-bond acceptors (Lipinski definition) is 3. The van der Waals surface area contributed by atoms with Crippen LogP contribution in [0.1, 0.15) is 10.4 Å². The first-order valence-corrected chi connectivity index (χ1v) is 7.10. The van der Waals surface area contributed by atoms with E-state index in [-0.39, 0.29) is 11.9 Å². The first-order valence-electron chi connectivity index (χ1n) is 5.16. The third-order valence-electron chi connectivity index (χ3n) is 2.92. The number of rotatable bonds is 0. The summed E-state index contributed by atoms with van der Waals surface area (Å²) in [4.78, 5) is 14.9. The van der Waals surface area contributed by atoms with Crippen molar-refractivity contribution < 1.29 is 4.79 Å². The number of fused-ring (bicyclic) bond motifs is 2. The fraction of sp³-hybridized carbons (Fsp3) is 0.273. The zero-order chi connectivity index (χ0) is 12.0. The summed E-state index contributed by atoms with van der Waals surface area (Å²) in [5, 5.41) is 3.71. The Balaban J connectivity index is 2.12. The molecule has 2 aliphatic heterocycles. The van der Waals surface area contributed by atoms with Crippen LogP contribution < -0.4 is 5.32 Å². The molecule has 0 aliphatic carbocycles. The van der Waals surface area contributed by atoms with Gasteiger partial charge in [-0.1, -0.05) is 23.8 Å². The van der Waals surface area contributed by atoms with Gasteiger partial charge in [0.2, 0.25) is 0 Å². The summed E-state index contributed by atoms with van der Waals surface area (Å²) < 4.78 is 0. The Labute approximate surface area is 114 Å². The Morgan fingerprint density at radius 1 is 1.53 bits per heavy atom. The molecule has 1 fully saturated rings. The van der Waals surface area contributed by atoms with Gasteiger partial charge in [-0.3, -0.25) is 4.79 Å². The molecule has 3 rings (SSSR count). The van der Waals surface area contributed by atoms with E-state index in [4.69, 9.17) is 23.8 Å². The van der Waals surface area contributed by atoms with E-state index in [0.717, 1.165) is 11.4 Å². The molecule has 1 saturated heterocycles. The summed E-state index contributed by atoms with van der Waals surface area (Å²) in [5.74, 6) is 1.56. The molecule has 1 amide bonds. The van der Waals surface area contributed by atoms with E-state index >= 15 is 0 Å². The first-order chi connectivity index (χ1) is 8.16. The molecular formula is C11H9ClN2OS2. The van der Waals surface area contributed by atoms with Gasteiger partial charge >= 0.3 is 0 Å². The summed E-state index contributed by atoms with van der Waals surface area (Å²) in [6.45, 7) is 0. The molecule has 0 bridgehead atoms. The van der Waals surface area contributed by atoms with Crippen molar-refractivity contribution in [2.24, 2.45) is 0 Å². The van der Waals surface area contributed by atoms with Crippen molar-refractivity contribution in [2.45, 2.75) is 6.04 Å². The lowest BCUT2D eigenvalue weighted by atomic mass is 10.1. The molecule has 1 unspecified atom stereocenters. The molecule has 88 valence electrons. The maximum Gasteiger partial charge on any atom is 0.257 e. The van der Waals surface area contributed by atoms with Gasteiger partial charge in [-0.15, -0.1) is 11.8 Å². The van der Waals surface area contributed by atoms with Gasteiger partial charge in [0.1, 0.15) is 4.99 Å². The van der Waals surface area contributed by atoms with Gasteiger partial charge in [0.05, 0.1) is 23.2 Å². The van der Waals surface area contributed by atoms with Crippen molar-refractivity contribution in [3.05, 3.63) is 28.8 Å². The number of nitrogens with one attached hydrogen (secondary N) is 1. The molecule has 1 aromatic carbocycles. The van der Waals surface area contributed by atoms with Crippen LogP contribution >= 0.6 is 35.6 Å². The van der Waals surface area contributed by atoms with Crippen molar-refractivity contribution in [2.75, 3.05) is 16.9 Å². The van der Waals surface area contributed by atoms with E-state index in [1.54, 1.807) is 30.0 Å². The van der Waals surface area contributed by atoms with Crippen molar-refractivity contribution in [1.29, 1.82) is 0 Å². The average Bonchev–Trinajstić information content (AvgIpc) is 2.76. The minimum Gasteiger partial charge on any atom is -0.348 e. The lowest BCUT2D eigenvalue weighted by Crippen LogP contribution is -2.41. The highest BCUT2D eigenvalue weighted by atomic mass is 35.5. The third kappa shape index (κ3) is 1.82. The van der Waals surface area contributed by atoms with Gasteiger partial charge in [0, 0.05) is 10.8 Å². The molecule has 1 aromatic rings. The van der Waals surface area contributed by atoms with Crippen LogP contribution in [0.3, 0.4) is 0 Å². The highest BCUT2D eigenvalue weighted by molar-refractivity contribution is 7.99. The second-order valence-electron chi connectivity index (χ2n) is 3.97. The summed E-state index contributed by atoms with van der Waals surface area (Å²) in [6.07, 6.45) is 0. The molecular weight excluding hydrogens is 276 g/mol. The number of hydrogen-bond donors (Lipinski definition) is 1. The van der Waals surface area contributed by atoms with Gasteiger partial charge in [0.25, 0.3) is 5.91 Å². The molecule has 0 radical (unpaired) electrons. The van der Waals surface area contributed by atoms with Crippen LogP contribution in [0, 0.1) is 0 Å². The number of halogens is 1. The average molecular weight is 285 g/mol.